The molecule has 0 aliphatic carbocycles. The Kier molecular flexibility index (Phi) is 6.14. The number of anilines is 3. The molecule has 0 saturated heterocycles. The molecule has 0 fully saturated rings. The third kappa shape index (κ3) is 4.33. The maximum atomic E-state index is 6.44. The summed E-state index contributed by atoms with van der Waals surface area (Å²) in [6, 6.07) is 59.8. The summed E-state index contributed by atoms with van der Waals surface area (Å²) in [5, 5.41) is 7.21. The summed E-state index contributed by atoms with van der Waals surface area (Å²) in [5.74, 6) is 0.621. The monoisotopic (exact) mass is 588 g/mol. The molecule has 3 nitrogen and oxygen atoms in total. The molecule has 46 heavy (non-hydrogen) atoms. The second-order valence-corrected chi connectivity index (χ2v) is 11.6. The van der Waals surface area contributed by atoms with Gasteiger partial charge in [0.05, 0.1) is 5.69 Å². The van der Waals surface area contributed by atoms with Crippen LogP contribution in [0.1, 0.15) is 0 Å². The number of oxazole rings is 1. The lowest BCUT2D eigenvalue weighted by atomic mass is 9.93. The highest BCUT2D eigenvalue weighted by atomic mass is 16.3. The van der Waals surface area contributed by atoms with Gasteiger partial charge >= 0.3 is 0 Å². The van der Waals surface area contributed by atoms with Gasteiger partial charge in [0.2, 0.25) is 5.89 Å². The molecule has 9 aromatic rings. The maximum absolute atomic E-state index is 6.44. The standard InChI is InChI=1S/C43H28N2O/c1-3-13-30(14-4-1)43-44-42-38-22-12-11-21-37(38)40(28-41(42)46-43)45(32-16-5-2-6-17-32)33-25-23-29(24-26-33)39-27-31-15-7-8-18-34(31)35-19-9-10-20-36(35)39/h1-28H. The summed E-state index contributed by atoms with van der Waals surface area (Å²) >= 11 is 0. The Bertz CT molecular complexity index is 2520. The Morgan fingerprint density at radius 2 is 1.02 bits per heavy atom. The van der Waals surface area contributed by atoms with Crippen molar-refractivity contribution in [3.05, 3.63) is 170 Å². The predicted octanol–water partition coefficient (Wildman–Crippen LogP) is 12.1. The predicted molar refractivity (Wildman–Crippen MR) is 192 cm³/mol. The third-order valence-corrected chi connectivity index (χ3v) is 8.86. The number of hydrogen-bond donors (Lipinski definition) is 0. The first kappa shape index (κ1) is 26.2. The van der Waals surface area contributed by atoms with Gasteiger partial charge in [-0.1, -0.05) is 121 Å². The normalized spacial score (nSPS) is 11.5. The lowest BCUT2D eigenvalue weighted by Crippen LogP contribution is -2.10. The fourth-order valence-corrected chi connectivity index (χ4v) is 6.71. The molecule has 1 aromatic heterocycles. The smallest absolute Gasteiger partial charge is 0.227 e. The van der Waals surface area contributed by atoms with Gasteiger partial charge in [0.15, 0.2) is 5.58 Å². The van der Waals surface area contributed by atoms with E-state index < -0.39 is 0 Å². The van der Waals surface area contributed by atoms with Gasteiger partial charge in [-0.15, -0.1) is 0 Å². The first-order chi connectivity index (χ1) is 22.8. The summed E-state index contributed by atoms with van der Waals surface area (Å²) in [7, 11) is 0. The SMILES string of the molecule is c1ccc(-c2nc3c(cc(N(c4ccccc4)c4ccc(-c5cc6ccccc6c6ccccc56)cc4)c4ccccc43)o2)cc1. The molecule has 0 saturated carbocycles. The fraction of sp³-hybridized carbons (Fsp3) is 0. The van der Waals surface area contributed by atoms with Crippen LogP contribution < -0.4 is 4.90 Å². The van der Waals surface area contributed by atoms with E-state index in [2.05, 4.69) is 144 Å². The molecule has 0 aliphatic rings. The molecule has 0 radical (unpaired) electrons. The average molecular weight is 589 g/mol. The number of rotatable bonds is 5. The van der Waals surface area contributed by atoms with Crippen LogP contribution in [0.15, 0.2) is 174 Å². The minimum Gasteiger partial charge on any atom is -0.436 e. The van der Waals surface area contributed by atoms with Crippen LogP contribution in [0.2, 0.25) is 0 Å². The molecule has 3 heteroatoms. The van der Waals surface area contributed by atoms with Gasteiger partial charge in [-0.05, 0) is 75.1 Å². The van der Waals surface area contributed by atoms with Crippen LogP contribution in [0, 0.1) is 0 Å². The Hall–Kier alpha value is -6.19. The van der Waals surface area contributed by atoms with Crippen molar-refractivity contribution in [1.82, 2.24) is 4.98 Å². The molecule has 1 heterocycles. The zero-order chi connectivity index (χ0) is 30.5. The molecule has 9 rings (SSSR count). The number of hydrogen-bond acceptors (Lipinski definition) is 3. The van der Waals surface area contributed by atoms with Crippen molar-refractivity contribution in [1.29, 1.82) is 0 Å². The Balaban J connectivity index is 1.23. The molecule has 0 bridgehead atoms. The topological polar surface area (TPSA) is 29.3 Å². The van der Waals surface area contributed by atoms with Crippen LogP contribution in [-0.2, 0) is 0 Å². The van der Waals surface area contributed by atoms with E-state index in [0.717, 1.165) is 44.5 Å². The van der Waals surface area contributed by atoms with Crippen LogP contribution in [0.25, 0.3) is 66.0 Å². The third-order valence-electron chi connectivity index (χ3n) is 8.86. The summed E-state index contributed by atoms with van der Waals surface area (Å²) in [6.07, 6.45) is 0. The molecule has 0 unspecified atom stereocenters. The summed E-state index contributed by atoms with van der Waals surface area (Å²) < 4.78 is 6.44. The highest BCUT2D eigenvalue weighted by Crippen LogP contribution is 2.43. The van der Waals surface area contributed by atoms with Crippen LogP contribution in [-0.4, -0.2) is 4.98 Å². The van der Waals surface area contributed by atoms with Crippen LogP contribution in [0.4, 0.5) is 17.1 Å². The molecule has 0 amide bonds. The van der Waals surface area contributed by atoms with Crippen molar-refractivity contribution >= 4 is 60.5 Å². The first-order valence-electron chi connectivity index (χ1n) is 15.6. The van der Waals surface area contributed by atoms with Crippen LogP contribution >= 0.6 is 0 Å². The molecule has 0 N–H and O–H groups in total. The van der Waals surface area contributed by atoms with Crippen molar-refractivity contribution < 1.29 is 4.42 Å². The van der Waals surface area contributed by atoms with Crippen LogP contribution in [0.5, 0.6) is 0 Å². The van der Waals surface area contributed by atoms with Gasteiger partial charge in [-0.3, -0.25) is 0 Å². The Labute approximate surface area is 266 Å². The van der Waals surface area contributed by atoms with Crippen molar-refractivity contribution in [3.8, 4) is 22.6 Å². The maximum Gasteiger partial charge on any atom is 0.227 e. The molecule has 216 valence electrons. The van der Waals surface area contributed by atoms with Gasteiger partial charge in [-0.25, -0.2) is 4.98 Å². The second kappa shape index (κ2) is 10.8. The number of nitrogens with zero attached hydrogens (tertiary/aromatic N) is 2. The Morgan fingerprint density at radius 3 is 1.78 bits per heavy atom. The summed E-state index contributed by atoms with van der Waals surface area (Å²) in [5.41, 5.74) is 8.16. The molecule has 8 aromatic carbocycles. The lowest BCUT2D eigenvalue weighted by molar-refractivity contribution is 0.620. The average Bonchev–Trinajstić information content (AvgIpc) is 3.57. The largest absolute Gasteiger partial charge is 0.436 e. The van der Waals surface area contributed by atoms with E-state index >= 15 is 0 Å². The van der Waals surface area contributed by atoms with E-state index in [4.69, 9.17) is 9.40 Å². The van der Waals surface area contributed by atoms with Gasteiger partial charge in [0, 0.05) is 33.8 Å². The van der Waals surface area contributed by atoms with E-state index in [0.29, 0.717) is 5.89 Å². The van der Waals surface area contributed by atoms with Gasteiger partial charge in [0.25, 0.3) is 0 Å². The molecule has 0 aliphatic heterocycles. The minimum atomic E-state index is 0.621. The molecule has 0 atom stereocenters. The van der Waals surface area contributed by atoms with E-state index in [1.54, 1.807) is 0 Å². The van der Waals surface area contributed by atoms with Crippen molar-refractivity contribution in [3.63, 3.8) is 0 Å². The Morgan fingerprint density at radius 1 is 0.435 bits per heavy atom. The second-order valence-electron chi connectivity index (χ2n) is 11.6. The van der Waals surface area contributed by atoms with Crippen molar-refractivity contribution in [2.24, 2.45) is 0 Å². The van der Waals surface area contributed by atoms with Crippen LogP contribution in [0.3, 0.4) is 0 Å². The quantitative estimate of drug-likeness (QED) is 0.187. The van der Waals surface area contributed by atoms with Crippen molar-refractivity contribution in [2.75, 3.05) is 4.90 Å². The van der Waals surface area contributed by atoms with E-state index in [-0.39, 0.29) is 0 Å². The highest BCUT2D eigenvalue weighted by molar-refractivity contribution is 6.14. The highest BCUT2D eigenvalue weighted by Gasteiger charge is 2.20. The van der Waals surface area contributed by atoms with Crippen molar-refractivity contribution in [2.45, 2.75) is 0 Å². The summed E-state index contributed by atoms with van der Waals surface area (Å²) in [6.45, 7) is 0. The van der Waals surface area contributed by atoms with E-state index in [1.807, 2.05) is 30.3 Å². The first-order valence-corrected chi connectivity index (χ1v) is 15.6. The molecular formula is C43H28N2O. The van der Waals surface area contributed by atoms with E-state index in [1.165, 1.54) is 32.7 Å². The number of aromatic nitrogens is 1. The van der Waals surface area contributed by atoms with Gasteiger partial charge < -0.3 is 9.32 Å². The van der Waals surface area contributed by atoms with Gasteiger partial charge in [-0.2, -0.15) is 0 Å². The summed E-state index contributed by atoms with van der Waals surface area (Å²) in [4.78, 5) is 7.28. The molecular weight excluding hydrogens is 560 g/mol. The minimum absolute atomic E-state index is 0.621. The van der Waals surface area contributed by atoms with E-state index in [9.17, 15) is 0 Å². The lowest BCUT2D eigenvalue weighted by Gasteiger charge is -2.27. The number of benzene rings is 8. The zero-order valence-electron chi connectivity index (χ0n) is 25.0. The zero-order valence-corrected chi connectivity index (χ0v) is 25.0. The number of para-hydroxylation sites is 1. The fourth-order valence-electron chi connectivity index (χ4n) is 6.71. The number of fused-ring (bicyclic) bond motifs is 6. The van der Waals surface area contributed by atoms with Gasteiger partial charge in [0.1, 0.15) is 5.52 Å². The molecule has 0 spiro atoms.